The van der Waals surface area contributed by atoms with Gasteiger partial charge in [0.1, 0.15) is 23.1 Å². The van der Waals surface area contributed by atoms with Crippen molar-refractivity contribution in [3.05, 3.63) is 68.9 Å². The third-order valence-electron chi connectivity index (χ3n) is 4.14. The fraction of sp³-hybridized carbons (Fsp3) is 0.222. The first kappa shape index (κ1) is 19.2. The predicted molar refractivity (Wildman–Crippen MR) is 104 cm³/mol. The average Bonchev–Trinajstić information content (AvgIpc) is 2.94. The van der Waals surface area contributed by atoms with Gasteiger partial charge in [0.25, 0.3) is 0 Å². The zero-order chi connectivity index (χ0) is 19.6. The maximum Gasteiger partial charge on any atom is 0.343 e. The van der Waals surface area contributed by atoms with E-state index in [-0.39, 0.29) is 18.0 Å². The molecule has 3 aromatic rings. The van der Waals surface area contributed by atoms with Gasteiger partial charge in [-0.05, 0) is 35.7 Å². The number of nitrogens with zero attached hydrogens (tertiary/aromatic N) is 2. The Labute approximate surface area is 162 Å². The second-order valence-electron chi connectivity index (χ2n) is 6.08. The van der Waals surface area contributed by atoms with E-state index in [1.807, 2.05) is 19.1 Å². The summed E-state index contributed by atoms with van der Waals surface area (Å²) in [5, 5.41) is 6.87. The van der Waals surface area contributed by atoms with Crippen molar-refractivity contribution in [2.24, 2.45) is 7.05 Å². The maximum atomic E-state index is 11.5. The summed E-state index contributed by atoms with van der Waals surface area (Å²) in [5.41, 5.74) is 2.72. The molecular formula is C18H18ClN3O4S. The minimum atomic E-state index is -2.52. The molecule has 0 aliphatic rings. The highest BCUT2D eigenvalue weighted by atomic mass is 35.5. The molecule has 0 aliphatic carbocycles. The molecule has 1 aromatic heterocycles. The molecule has 0 saturated carbocycles. The number of aromatic amines is 1. The highest BCUT2D eigenvalue weighted by Gasteiger charge is 2.13. The third-order valence-corrected chi connectivity index (χ3v) is 5.17. The molecular weight excluding hydrogens is 390 g/mol. The molecule has 0 atom stereocenters. The molecule has 0 saturated heterocycles. The van der Waals surface area contributed by atoms with E-state index in [0.717, 1.165) is 16.7 Å². The van der Waals surface area contributed by atoms with Gasteiger partial charge >= 0.3 is 5.69 Å². The Morgan fingerprint density at radius 3 is 2.70 bits per heavy atom. The molecule has 2 aromatic carbocycles. The number of hydrogen-bond acceptors (Lipinski definition) is 5. The summed E-state index contributed by atoms with van der Waals surface area (Å²) in [6, 6.07) is 10.8. The van der Waals surface area contributed by atoms with E-state index >= 15 is 0 Å². The molecule has 1 heterocycles. The minimum absolute atomic E-state index is 0.0334. The van der Waals surface area contributed by atoms with Gasteiger partial charge in [0.15, 0.2) is 5.82 Å². The summed E-state index contributed by atoms with van der Waals surface area (Å²) in [4.78, 5) is 11.5. The number of rotatable bonds is 6. The Hall–Kier alpha value is -2.58. The lowest BCUT2D eigenvalue weighted by Gasteiger charge is -2.14. The lowest BCUT2D eigenvalue weighted by Crippen LogP contribution is -2.15. The SMILES string of the molecule is Cc1cc(OCc2n[nH]c(=O)n2C)c(-c2cccc(C[SH](=O)=O)c2)cc1Cl. The van der Waals surface area contributed by atoms with Crippen molar-refractivity contribution in [3.63, 3.8) is 0 Å². The van der Waals surface area contributed by atoms with Crippen LogP contribution in [0.5, 0.6) is 5.75 Å². The zero-order valence-corrected chi connectivity index (χ0v) is 16.4. The molecule has 0 bridgehead atoms. The van der Waals surface area contributed by atoms with Crippen LogP contribution in [-0.4, -0.2) is 23.2 Å². The summed E-state index contributed by atoms with van der Waals surface area (Å²) in [6.07, 6.45) is 0. The van der Waals surface area contributed by atoms with Gasteiger partial charge in [-0.25, -0.2) is 18.3 Å². The fourth-order valence-corrected chi connectivity index (χ4v) is 3.30. The first-order valence-corrected chi connectivity index (χ1v) is 9.83. The molecule has 0 aliphatic heterocycles. The topological polar surface area (TPSA) is 94.0 Å². The van der Waals surface area contributed by atoms with Gasteiger partial charge in [-0.2, -0.15) is 5.10 Å². The van der Waals surface area contributed by atoms with E-state index in [2.05, 4.69) is 10.2 Å². The lowest BCUT2D eigenvalue weighted by molar-refractivity contribution is 0.292. The van der Waals surface area contributed by atoms with Crippen molar-refractivity contribution in [1.82, 2.24) is 14.8 Å². The second kappa shape index (κ2) is 7.98. The van der Waals surface area contributed by atoms with Crippen LogP contribution in [-0.2, 0) is 30.1 Å². The molecule has 1 N–H and O–H groups in total. The van der Waals surface area contributed by atoms with Crippen molar-refractivity contribution < 1.29 is 13.2 Å². The quantitative estimate of drug-likeness (QED) is 0.612. The summed E-state index contributed by atoms with van der Waals surface area (Å²) in [7, 11) is -0.914. The Morgan fingerprint density at radius 2 is 2.04 bits per heavy atom. The van der Waals surface area contributed by atoms with E-state index in [4.69, 9.17) is 16.3 Å². The minimum Gasteiger partial charge on any atom is -0.485 e. The summed E-state index contributed by atoms with van der Waals surface area (Å²) in [5.74, 6) is 0.987. The van der Waals surface area contributed by atoms with E-state index < -0.39 is 10.7 Å². The molecule has 0 spiro atoms. The maximum absolute atomic E-state index is 11.5. The summed E-state index contributed by atoms with van der Waals surface area (Å²) in [6.45, 7) is 1.96. The highest BCUT2D eigenvalue weighted by molar-refractivity contribution is 7.71. The standard InChI is InChI=1S/C18H18ClN3O4S/c1-11-6-16(26-9-17-20-21-18(23)22(17)2)14(8-15(11)19)13-5-3-4-12(7-13)10-27(24)25/h3-8,27H,9-10H2,1-2H3,(H,21,23). The number of aryl methyl sites for hydroxylation is 1. The first-order valence-electron chi connectivity index (χ1n) is 8.09. The van der Waals surface area contributed by atoms with E-state index in [1.54, 1.807) is 31.3 Å². The number of nitrogens with one attached hydrogen (secondary N) is 1. The van der Waals surface area contributed by atoms with Crippen LogP contribution < -0.4 is 10.4 Å². The highest BCUT2D eigenvalue weighted by Crippen LogP contribution is 2.35. The number of thiol groups is 1. The number of H-pyrrole nitrogens is 1. The van der Waals surface area contributed by atoms with Gasteiger partial charge < -0.3 is 4.74 Å². The molecule has 7 nitrogen and oxygen atoms in total. The molecule has 27 heavy (non-hydrogen) atoms. The monoisotopic (exact) mass is 407 g/mol. The molecule has 142 valence electrons. The Balaban J connectivity index is 1.98. The van der Waals surface area contributed by atoms with Crippen molar-refractivity contribution in [1.29, 1.82) is 0 Å². The second-order valence-corrected chi connectivity index (χ2v) is 7.47. The molecule has 9 heteroatoms. The zero-order valence-electron chi connectivity index (χ0n) is 14.7. The molecule has 0 fully saturated rings. The van der Waals surface area contributed by atoms with Gasteiger partial charge in [0.2, 0.25) is 0 Å². The number of halogens is 1. The number of benzene rings is 2. The molecule has 0 amide bonds. The van der Waals surface area contributed by atoms with Gasteiger partial charge in [0.05, 0.1) is 5.75 Å². The van der Waals surface area contributed by atoms with Crippen LogP contribution in [0.1, 0.15) is 17.0 Å². The van der Waals surface area contributed by atoms with Crippen molar-refractivity contribution in [3.8, 4) is 16.9 Å². The largest absolute Gasteiger partial charge is 0.485 e. The Kier molecular flexibility index (Phi) is 5.67. The van der Waals surface area contributed by atoms with Crippen LogP contribution >= 0.6 is 11.6 Å². The third kappa shape index (κ3) is 4.40. The van der Waals surface area contributed by atoms with Crippen molar-refractivity contribution in [2.75, 3.05) is 0 Å². The van der Waals surface area contributed by atoms with Crippen LogP contribution in [0.2, 0.25) is 5.02 Å². The molecule has 3 rings (SSSR count). The van der Waals surface area contributed by atoms with Gasteiger partial charge in [-0.15, -0.1) is 0 Å². The van der Waals surface area contributed by atoms with E-state index in [9.17, 15) is 13.2 Å². The molecule has 0 radical (unpaired) electrons. The Bertz CT molecular complexity index is 1110. The lowest BCUT2D eigenvalue weighted by atomic mass is 10.0. The first-order chi connectivity index (χ1) is 12.8. The van der Waals surface area contributed by atoms with Gasteiger partial charge in [-0.3, -0.25) is 4.57 Å². The summed E-state index contributed by atoms with van der Waals surface area (Å²) < 4.78 is 29.3. The molecule has 0 unspecified atom stereocenters. The van der Waals surface area contributed by atoms with Crippen LogP contribution in [0, 0.1) is 6.92 Å². The predicted octanol–water partition coefficient (Wildman–Crippen LogP) is 2.43. The fourth-order valence-electron chi connectivity index (χ4n) is 2.64. The van der Waals surface area contributed by atoms with E-state index in [0.29, 0.717) is 22.2 Å². The number of ether oxygens (including phenoxy) is 1. The van der Waals surface area contributed by atoms with Crippen LogP contribution in [0.25, 0.3) is 11.1 Å². The number of aromatic nitrogens is 3. The van der Waals surface area contributed by atoms with Crippen molar-refractivity contribution >= 4 is 22.3 Å². The average molecular weight is 408 g/mol. The smallest absolute Gasteiger partial charge is 0.343 e. The van der Waals surface area contributed by atoms with Gasteiger partial charge in [0, 0.05) is 17.6 Å². The Morgan fingerprint density at radius 1 is 1.26 bits per heavy atom. The normalized spacial score (nSPS) is 11.1. The van der Waals surface area contributed by atoms with Crippen molar-refractivity contribution in [2.45, 2.75) is 19.3 Å². The van der Waals surface area contributed by atoms with Crippen LogP contribution in [0.4, 0.5) is 0 Å². The number of hydrogen-bond donors (Lipinski definition) is 2. The van der Waals surface area contributed by atoms with E-state index in [1.165, 1.54) is 4.57 Å². The van der Waals surface area contributed by atoms with Gasteiger partial charge in [-0.1, -0.05) is 35.9 Å². The van der Waals surface area contributed by atoms with Crippen LogP contribution in [0.3, 0.4) is 0 Å². The van der Waals surface area contributed by atoms with Crippen LogP contribution in [0.15, 0.2) is 41.2 Å². The summed E-state index contributed by atoms with van der Waals surface area (Å²) >= 11 is 6.29.